The lowest BCUT2D eigenvalue weighted by atomic mass is 10.1. The highest BCUT2D eigenvalue weighted by Crippen LogP contribution is 2.31. The predicted octanol–water partition coefficient (Wildman–Crippen LogP) is 4.44. The zero-order valence-electron chi connectivity index (χ0n) is 9.36. The van der Waals surface area contributed by atoms with Crippen LogP contribution in [0.5, 0.6) is 5.75 Å². The highest BCUT2D eigenvalue weighted by atomic mass is 35.5. The monoisotopic (exact) mass is 277 g/mol. The van der Waals surface area contributed by atoms with Gasteiger partial charge in [-0.3, -0.25) is 0 Å². The van der Waals surface area contributed by atoms with Gasteiger partial charge in [0.25, 0.3) is 0 Å². The van der Waals surface area contributed by atoms with Crippen LogP contribution in [0, 0.1) is 11.3 Å². The van der Waals surface area contributed by atoms with Gasteiger partial charge >= 0.3 is 0 Å². The summed E-state index contributed by atoms with van der Waals surface area (Å²) in [6.45, 7) is 0.343. The smallest absolute Gasteiger partial charge is 0.139 e. The molecule has 2 nitrogen and oxygen atoms in total. The fourth-order valence-electron chi connectivity index (χ4n) is 1.49. The SMILES string of the molecule is N#Cc1cccc(COc2cccc(Cl)c2Cl)c1. The average Bonchev–Trinajstić information content (AvgIpc) is 2.41. The molecule has 0 N–H and O–H groups in total. The lowest BCUT2D eigenvalue weighted by Crippen LogP contribution is -1.96. The molecule has 0 aliphatic heterocycles. The maximum absolute atomic E-state index is 8.80. The minimum Gasteiger partial charge on any atom is -0.487 e. The lowest BCUT2D eigenvalue weighted by molar-refractivity contribution is 0.306. The van der Waals surface area contributed by atoms with Crippen LogP contribution in [-0.4, -0.2) is 0 Å². The van der Waals surface area contributed by atoms with Crippen LogP contribution in [0.15, 0.2) is 42.5 Å². The van der Waals surface area contributed by atoms with Crippen LogP contribution in [0.4, 0.5) is 0 Å². The Bertz CT molecular complexity index is 605. The molecule has 4 heteroatoms. The summed E-state index contributed by atoms with van der Waals surface area (Å²) in [7, 11) is 0. The van der Waals surface area contributed by atoms with E-state index in [-0.39, 0.29) is 0 Å². The molecule has 0 aliphatic carbocycles. The van der Waals surface area contributed by atoms with Gasteiger partial charge in [-0.2, -0.15) is 5.26 Å². The standard InChI is InChI=1S/C14H9Cl2NO/c15-12-5-2-6-13(14(12)16)18-9-11-4-1-3-10(7-11)8-17/h1-7H,9H2. The third-order valence-corrected chi connectivity index (χ3v) is 3.17. The molecule has 0 aliphatic rings. The van der Waals surface area contributed by atoms with E-state index in [0.29, 0.717) is 28.0 Å². The van der Waals surface area contributed by atoms with Gasteiger partial charge in [0.15, 0.2) is 0 Å². The molecule has 0 aromatic heterocycles. The van der Waals surface area contributed by atoms with Crippen LogP contribution in [0.25, 0.3) is 0 Å². The summed E-state index contributed by atoms with van der Waals surface area (Å²) < 4.78 is 5.58. The Labute approximate surface area is 115 Å². The number of rotatable bonds is 3. The minimum atomic E-state index is 0.343. The molecular formula is C14H9Cl2NO. The molecule has 90 valence electrons. The van der Waals surface area contributed by atoms with Crippen molar-refractivity contribution in [1.29, 1.82) is 5.26 Å². The molecule has 0 saturated heterocycles. The molecule has 0 heterocycles. The van der Waals surface area contributed by atoms with Gasteiger partial charge in [0.1, 0.15) is 17.4 Å². The third kappa shape index (κ3) is 2.95. The van der Waals surface area contributed by atoms with Crippen LogP contribution in [0.2, 0.25) is 10.0 Å². The summed E-state index contributed by atoms with van der Waals surface area (Å²) in [6.07, 6.45) is 0. The number of hydrogen-bond donors (Lipinski definition) is 0. The molecule has 0 spiro atoms. The molecular weight excluding hydrogens is 269 g/mol. The quantitative estimate of drug-likeness (QED) is 0.831. The van der Waals surface area contributed by atoms with E-state index in [1.165, 1.54) is 0 Å². The van der Waals surface area contributed by atoms with E-state index in [4.69, 9.17) is 33.2 Å². The van der Waals surface area contributed by atoms with Crippen LogP contribution in [-0.2, 0) is 6.61 Å². The molecule has 0 atom stereocenters. The van der Waals surface area contributed by atoms with Gasteiger partial charge in [-0.1, -0.05) is 41.4 Å². The Hall–Kier alpha value is -1.69. The topological polar surface area (TPSA) is 33.0 Å². The summed E-state index contributed by atoms with van der Waals surface area (Å²) in [5.74, 6) is 0.534. The zero-order chi connectivity index (χ0) is 13.0. The second-order valence-corrected chi connectivity index (χ2v) is 4.44. The summed E-state index contributed by atoms with van der Waals surface area (Å²) in [5, 5.41) is 9.66. The Kier molecular flexibility index (Phi) is 4.09. The Balaban J connectivity index is 2.12. The first kappa shape index (κ1) is 12.8. The van der Waals surface area contributed by atoms with Crippen LogP contribution in [0.3, 0.4) is 0 Å². The van der Waals surface area contributed by atoms with Crippen molar-refractivity contribution in [2.75, 3.05) is 0 Å². The summed E-state index contributed by atoms with van der Waals surface area (Å²) in [6, 6.07) is 14.5. The van der Waals surface area contributed by atoms with Crippen molar-refractivity contribution in [3.05, 3.63) is 63.6 Å². The van der Waals surface area contributed by atoms with Crippen LogP contribution in [0.1, 0.15) is 11.1 Å². The number of nitriles is 1. The van der Waals surface area contributed by atoms with Crippen molar-refractivity contribution in [1.82, 2.24) is 0 Å². The van der Waals surface area contributed by atoms with Gasteiger partial charge in [-0.15, -0.1) is 0 Å². The second kappa shape index (κ2) is 5.77. The van der Waals surface area contributed by atoms with Crippen molar-refractivity contribution in [2.24, 2.45) is 0 Å². The minimum absolute atomic E-state index is 0.343. The van der Waals surface area contributed by atoms with Crippen molar-refractivity contribution in [2.45, 2.75) is 6.61 Å². The average molecular weight is 278 g/mol. The fraction of sp³-hybridized carbons (Fsp3) is 0.0714. The molecule has 2 aromatic carbocycles. The summed E-state index contributed by atoms with van der Waals surface area (Å²) in [4.78, 5) is 0. The maximum atomic E-state index is 8.80. The van der Waals surface area contributed by atoms with Crippen molar-refractivity contribution >= 4 is 23.2 Å². The summed E-state index contributed by atoms with van der Waals surface area (Å²) in [5.41, 5.74) is 1.51. The van der Waals surface area contributed by atoms with Gasteiger partial charge in [-0.25, -0.2) is 0 Å². The molecule has 2 rings (SSSR count). The number of halogens is 2. The van der Waals surface area contributed by atoms with Crippen LogP contribution < -0.4 is 4.74 Å². The van der Waals surface area contributed by atoms with E-state index in [2.05, 4.69) is 6.07 Å². The van der Waals surface area contributed by atoms with Crippen molar-refractivity contribution in [3.8, 4) is 11.8 Å². The van der Waals surface area contributed by atoms with Crippen molar-refractivity contribution in [3.63, 3.8) is 0 Å². The van der Waals surface area contributed by atoms with Crippen LogP contribution >= 0.6 is 23.2 Å². The Morgan fingerprint density at radius 3 is 2.67 bits per heavy atom. The molecule has 0 fully saturated rings. The van der Waals surface area contributed by atoms with Gasteiger partial charge in [0, 0.05) is 0 Å². The van der Waals surface area contributed by atoms with E-state index in [0.717, 1.165) is 5.56 Å². The van der Waals surface area contributed by atoms with Gasteiger partial charge in [0.2, 0.25) is 0 Å². The van der Waals surface area contributed by atoms with Gasteiger partial charge in [0.05, 0.1) is 16.7 Å². The van der Waals surface area contributed by atoms with E-state index in [1.54, 1.807) is 30.3 Å². The normalized spacial score (nSPS) is 9.83. The molecule has 0 bridgehead atoms. The number of benzene rings is 2. The van der Waals surface area contributed by atoms with Crippen molar-refractivity contribution < 1.29 is 4.74 Å². The fourth-order valence-corrected chi connectivity index (χ4v) is 1.83. The predicted molar refractivity (Wildman–Crippen MR) is 72.0 cm³/mol. The Morgan fingerprint density at radius 1 is 1.11 bits per heavy atom. The van der Waals surface area contributed by atoms with Gasteiger partial charge < -0.3 is 4.74 Å². The third-order valence-electron chi connectivity index (χ3n) is 2.37. The molecule has 0 unspecified atom stereocenters. The van der Waals surface area contributed by atoms with E-state index >= 15 is 0 Å². The molecule has 0 saturated carbocycles. The largest absolute Gasteiger partial charge is 0.487 e. The number of ether oxygens (including phenoxy) is 1. The summed E-state index contributed by atoms with van der Waals surface area (Å²) >= 11 is 11.9. The highest BCUT2D eigenvalue weighted by Gasteiger charge is 2.05. The Morgan fingerprint density at radius 2 is 1.89 bits per heavy atom. The first-order valence-electron chi connectivity index (χ1n) is 5.26. The molecule has 18 heavy (non-hydrogen) atoms. The number of nitrogens with zero attached hydrogens (tertiary/aromatic N) is 1. The molecule has 2 aromatic rings. The van der Waals surface area contributed by atoms with E-state index in [1.807, 2.05) is 12.1 Å². The first-order valence-corrected chi connectivity index (χ1v) is 6.02. The van der Waals surface area contributed by atoms with E-state index in [9.17, 15) is 0 Å². The zero-order valence-corrected chi connectivity index (χ0v) is 10.9. The second-order valence-electron chi connectivity index (χ2n) is 3.65. The first-order chi connectivity index (χ1) is 8.70. The van der Waals surface area contributed by atoms with Gasteiger partial charge in [-0.05, 0) is 29.8 Å². The number of hydrogen-bond acceptors (Lipinski definition) is 2. The molecule has 0 radical (unpaired) electrons. The lowest BCUT2D eigenvalue weighted by Gasteiger charge is -2.08. The van der Waals surface area contributed by atoms with E-state index < -0.39 is 0 Å². The highest BCUT2D eigenvalue weighted by molar-refractivity contribution is 6.42. The maximum Gasteiger partial charge on any atom is 0.139 e. The molecule has 0 amide bonds.